The van der Waals surface area contributed by atoms with E-state index < -0.39 is 6.67 Å². The van der Waals surface area contributed by atoms with Gasteiger partial charge in [-0.2, -0.15) is 0 Å². The maximum Gasteiger partial charge on any atom is 0.264 e. The fourth-order valence-electron chi connectivity index (χ4n) is 3.86. The van der Waals surface area contributed by atoms with Gasteiger partial charge < -0.3 is 14.4 Å². The Balaban J connectivity index is 1.38. The van der Waals surface area contributed by atoms with E-state index in [2.05, 4.69) is 26.1 Å². The molecule has 0 bridgehead atoms. The fourth-order valence-corrected chi connectivity index (χ4v) is 4.92. The van der Waals surface area contributed by atoms with Gasteiger partial charge in [0.05, 0.1) is 4.88 Å². The van der Waals surface area contributed by atoms with Gasteiger partial charge in [-0.15, -0.1) is 10.2 Å². The average molecular weight is 456 g/mol. The zero-order valence-corrected chi connectivity index (χ0v) is 16.9. The largest absolute Gasteiger partial charge is 0.481 e. The van der Waals surface area contributed by atoms with Crippen LogP contribution in [0.25, 0.3) is 0 Å². The summed E-state index contributed by atoms with van der Waals surface area (Å²) in [6.07, 6.45) is 2.06. The van der Waals surface area contributed by atoms with Gasteiger partial charge in [0, 0.05) is 25.1 Å². The Morgan fingerprint density at radius 1 is 1.26 bits per heavy atom. The number of carbonyl (C=O) groups excluding carboxylic acids is 1. The van der Waals surface area contributed by atoms with Gasteiger partial charge in [0.1, 0.15) is 24.0 Å². The molecule has 0 spiro atoms. The molecule has 1 amide bonds. The van der Waals surface area contributed by atoms with E-state index in [0.717, 1.165) is 19.4 Å². The summed E-state index contributed by atoms with van der Waals surface area (Å²) in [6.45, 7) is 0.894. The van der Waals surface area contributed by atoms with Crippen LogP contribution >= 0.6 is 27.3 Å². The van der Waals surface area contributed by atoms with Crippen LogP contribution in [-0.2, 0) is 0 Å². The van der Waals surface area contributed by atoms with Gasteiger partial charge in [0.2, 0.25) is 5.88 Å². The van der Waals surface area contributed by atoms with Crippen molar-refractivity contribution in [3.05, 3.63) is 33.7 Å². The number of amides is 1. The van der Waals surface area contributed by atoms with E-state index in [-0.39, 0.29) is 18.6 Å². The van der Waals surface area contributed by atoms with Crippen LogP contribution in [0.5, 0.6) is 10.9 Å². The van der Waals surface area contributed by atoms with Crippen molar-refractivity contribution in [2.75, 3.05) is 26.4 Å². The normalized spacial score (nSPS) is 24.1. The maximum atomic E-state index is 12.8. The lowest BCUT2D eigenvalue weighted by molar-refractivity contribution is 0.0765. The molecule has 0 unspecified atom stereocenters. The number of hydrogen-bond donors (Lipinski definition) is 0. The molecule has 2 aromatic rings. The lowest BCUT2D eigenvalue weighted by Gasteiger charge is -2.21. The minimum atomic E-state index is -0.541. The quantitative estimate of drug-likeness (QED) is 0.665. The number of nitrogens with zero attached hydrogens (tertiary/aromatic N) is 3. The van der Waals surface area contributed by atoms with Crippen molar-refractivity contribution in [1.82, 2.24) is 15.1 Å². The first-order chi connectivity index (χ1) is 13.1. The zero-order valence-electron chi connectivity index (χ0n) is 14.5. The lowest BCUT2D eigenvalue weighted by Crippen LogP contribution is -2.32. The molecule has 1 aliphatic carbocycles. The molecule has 144 valence electrons. The number of rotatable bonds is 6. The van der Waals surface area contributed by atoms with Crippen LogP contribution in [0.3, 0.4) is 0 Å². The molecule has 0 radical (unpaired) electrons. The minimum absolute atomic E-state index is 0.00619. The van der Waals surface area contributed by atoms with E-state index in [1.165, 1.54) is 11.3 Å². The number of carbonyl (C=O) groups is 1. The first-order valence-electron chi connectivity index (χ1n) is 8.88. The van der Waals surface area contributed by atoms with E-state index in [1.807, 2.05) is 4.90 Å². The van der Waals surface area contributed by atoms with Crippen LogP contribution in [0, 0.1) is 11.8 Å². The first-order valence-corrected chi connectivity index (χ1v) is 10.5. The summed E-state index contributed by atoms with van der Waals surface area (Å²) in [5.41, 5.74) is 0. The van der Waals surface area contributed by atoms with Crippen LogP contribution < -0.4 is 9.47 Å². The highest BCUT2D eigenvalue weighted by molar-refractivity contribution is 9.10. The summed E-state index contributed by atoms with van der Waals surface area (Å²) in [5, 5.41) is 8.58. The number of thiophene rings is 1. The van der Waals surface area contributed by atoms with E-state index in [1.54, 1.807) is 24.3 Å². The van der Waals surface area contributed by atoms with E-state index >= 15 is 0 Å². The van der Waals surface area contributed by atoms with Crippen molar-refractivity contribution in [3.63, 3.8) is 0 Å². The maximum absolute atomic E-state index is 12.8. The predicted octanol–water partition coefficient (Wildman–Crippen LogP) is 3.58. The van der Waals surface area contributed by atoms with Gasteiger partial charge in [-0.25, -0.2) is 4.39 Å². The molecular formula is C18H19BrFN3O3S. The summed E-state index contributed by atoms with van der Waals surface area (Å²) in [4.78, 5) is 15.3. The molecule has 0 aromatic carbocycles. The molecule has 27 heavy (non-hydrogen) atoms. The standard InChI is InChI=1S/C18H19BrFN3O3S/c19-15-4-5-16(22-21-15)26-13-2-1-11-9-23(10-12(11)13)18(24)14-3-6-17(27-14)25-8-7-20/h3-6,11-13H,1-2,7-10H2/t11-,12+,13+/m0/s1. The molecule has 3 atom stereocenters. The highest BCUT2D eigenvalue weighted by atomic mass is 79.9. The Hall–Kier alpha value is -1.74. The lowest BCUT2D eigenvalue weighted by atomic mass is 9.99. The average Bonchev–Trinajstić information content (AvgIpc) is 3.38. The molecule has 0 N–H and O–H groups in total. The number of ether oxygens (including phenoxy) is 2. The topological polar surface area (TPSA) is 64.5 Å². The summed E-state index contributed by atoms with van der Waals surface area (Å²) in [5.74, 6) is 1.28. The van der Waals surface area contributed by atoms with Gasteiger partial charge >= 0.3 is 0 Å². The predicted molar refractivity (Wildman–Crippen MR) is 102 cm³/mol. The van der Waals surface area contributed by atoms with Crippen LogP contribution in [0.2, 0.25) is 0 Å². The molecular weight excluding hydrogens is 437 g/mol. The van der Waals surface area contributed by atoms with E-state index in [4.69, 9.17) is 9.47 Å². The van der Waals surface area contributed by atoms with Crippen LogP contribution in [-0.4, -0.2) is 53.5 Å². The van der Waals surface area contributed by atoms with E-state index in [0.29, 0.717) is 38.8 Å². The van der Waals surface area contributed by atoms with Crippen molar-refractivity contribution in [1.29, 1.82) is 0 Å². The molecule has 2 aromatic heterocycles. The van der Waals surface area contributed by atoms with Gasteiger partial charge in [-0.05, 0) is 52.9 Å². The second-order valence-electron chi connectivity index (χ2n) is 6.72. The number of hydrogen-bond acceptors (Lipinski definition) is 6. The Kier molecular flexibility index (Phi) is 5.58. The van der Waals surface area contributed by atoms with Gasteiger partial charge in [-0.1, -0.05) is 11.3 Å². The second-order valence-corrected chi connectivity index (χ2v) is 8.58. The Bertz CT molecular complexity index is 803. The molecule has 2 fully saturated rings. The Morgan fingerprint density at radius 2 is 2.15 bits per heavy atom. The third-order valence-corrected chi connectivity index (χ3v) is 6.48. The van der Waals surface area contributed by atoms with Crippen LogP contribution in [0.15, 0.2) is 28.9 Å². The highest BCUT2D eigenvalue weighted by Crippen LogP contribution is 2.41. The number of halogens is 2. The van der Waals surface area contributed by atoms with Gasteiger partial charge in [-0.3, -0.25) is 4.79 Å². The molecule has 1 saturated heterocycles. The molecule has 4 rings (SSSR count). The second kappa shape index (κ2) is 8.10. The SMILES string of the molecule is O=C(c1ccc(OCCF)s1)N1C[C@@H]2CC[C@@H](Oc3ccc(Br)nn3)[C@@H]2C1. The minimum Gasteiger partial charge on any atom is -0.481 e. The van der Waals surface area contributed by atoms with Gasteiger partial charge in [0.25, 0.3) is 5.91 Å². The summed E-state index contributed by atoms with van der Waals surface area (Å²) >= 11 is 4.53. The number of aromatic nitrogens is 2. The molecule has 3 heterocycles. The van der Waals surface area contributed by atoms with Crippen molar-refractivity contribution in [2.24, 2.45) is 11.8 Å². The Morgan fingerprint density at radius 3 is 2.93 bits per heavy atom. The van der Waals surface area contributed by atoms with Crippen molar-refractivity contribution < 1.29 is 18.7 Å². The fraction of sp³-hybridized carbons (Fsp3) is 0.500. The van der Waals surface area contributed by atoms with Crippen molar-refractivity contribution in [2.45, 2.75) is 18.9 Å². The smallest absolute Gasteiger partial charge is 0.264 e. The van der Waals surface area contributed by atoms with Crippen LogP contribution in [0.4, 0.5) is 4.39 Å². The van der Waals surface area contributed by atoms with Crippen molar-refractivity contribution in [3.8, 4) is 10.9 Å². The molecule has 1 aliphatic heterocycles. The summed E-state index contributed by atoms with van der Waals surface area (Å²) < 4.78 is 24.2. The third kappa shape index (κ3) is 4.08. The third-order valence-electron chi connectivity index (χ3n) is 5.07. The van der Waals surface area contributed by atoms with Gasteiger partial charge in [0.15, 0.2) is 5.06 Å². The van der Waals surface area contributed by atoms with E-state index in [9.17, 15) is 9.18 Å². The number of likely N-dealkylation sites (tertiary alicyclic amines) is 1. The number of alkyl halides is 1. The summed E-state index contributed by atoms with van der Waals surface area (Å²) in [6, 6.07) is 7.08. The van der Waals surface area contributed by atoms with Crippen molar-refractivity contribution >= 4 is 33.2 Å². The monoisotopic (exact) mass is 455 g/mol. The van der Waals surface area contributed by atoms with Crippen LogP contribution in [0.1, 0.15) is 22.5 Å². The molecule has 1 saturated carbocycles. The highest BCUT2D eigenvalue weighted by Gasteiger charge is 2.45. The number of fused-ring (bicyclic) bond motifs is 1. The summed E-state index contributed by atoms with van der Waals surface area (Å²) in [7, 11) is 0. The molecule has 2 aliphatic rings. The molecule has 6 nitrogen and oxygen atoms in total. The zero-order chi connectivity index (χ0) is 18.8. The Labute approximate surface area is 168 Å². The first kappa shape index (κ1) is 18.6. The molecule has 9 heteroatoms.